The third-order valence-corrected chi connectivity index (χ3v) is 3.92. The van der Waals surface area contributed by atoms with Gasteiger partial charge in [0.05, 0.1) is 0 Å². The van der Waals surface area contributed by atoms with Gasteiger partial charge in [0.15, 0.2) is 0 Å². The number of piperazine rings is 1. The lowest BCUT2D eigenvalue weighted by molar-refractivity contribution is 0.113. The zero-order valence-corrected chi connectivity index (χ0v) is 13.2. The van der Waals surface area contributed by atoms with Crippen molar-refractivity contribution in [1.29, 1.82) is 0 Å². The summed E-state index contributed by atoms with van der Waals surface area (Å²) < 4.78 is 1.67. The molecule has 4 nitrogen and oxygen atoms in total. The highest BCUT2D eigenvalue weighted by Crippen LogP contribution is 2.16. The Kier molecular flexibility index (Phi) is 4.52. The molecule has 2 heterocycles. The smallest absolute Gasteiger partial charge is 0.132 e. The summed E-state index contributed by atoms with van der Waals surface area (Å²) >= 11 is 6.80. The van der Waals surface area contributed by atoms with Crippen LogP contribution in [0.15, 0.2) is 15.3 Å². The SMILES string of the molecule is CN1CCN(C)C(Cc2nc(Br)cc(Br)n2)C1. The fourth-order valence-corrected chi connectivity index (χ4v) is 3.21. The van der Waals surface area contributed by atoms with E-state index >= 15 is 0 Å². The molecule has 1 aromatic rings. The highest BCUT2D eigenvalue weighted by molar-refractivity contribution is 9.11. The molecule has 0 radical (unpaired) electrons. The summed E-state index contributed by atoms with van der Waals surface area (Å²) in [6.07, 6.45) is 0.888. The second-order valence-electron chi connectivity index (χ2n) is 4.53. The van der Waals surface area contributed by atoms with Crippen LogP contribution < -0.4 is 0 Å². The monoisotopic (exact) mass is 362 g/mol. The van der Waals surface area contributed by atoms with Crippen LogP contribution in [0.3, 0.4) is 0 Å². The molecule has 1 atom stereocenters. The van der Waals surface area contributed by atoms with Crippen molar-refractivity contribution in [3.63, 3.8) is 0 Å². The molecule has 1 unspecified atom stereocenters. The minimum absolute atomic E-state index is 0.495. The van der Waals surface area contributed by atoms with Crippen LogP contribution in [0.25, 0.3) is 0 Å². The molecule has 0 amide bonds. The van der Waals surface area contributed by atoms with Gasteiger partial charge in [-0.2, -0.15) is 0 Å². The highest BCUT2D eigenvalue weighted by Gasteiger charge is 2.23. The van der Waals surface area contributed by atoms with Crippen molar-refractivity contribution in [2.24, 2.45) is 0 Å². The molecule has 1 fully saturated rings. The first-order valence-electron chi connectivity index (χ1n) is 5.62. The van der Waals surface area contributed by atoms with E-state index < -0.39 is 0 Å². The molecule has 1 aromatic heterocycles. The Balaban J connectivity index is 2.08. The van der Waals surface area contributed by atoms with E-state index in [-0.39, 0.29) is 0 Å². The molecule has 1 saturated heterocycles. The third kappa shape index (κ3) is 3.71. The van der Waals surface area contributed by atoms with Crippen molar-refractivity contribution in [1.82, 2.24) is 19.8 Å². The quantitative estimate of drug-likeness (QED) is 0.750. The van der Waals surface area contributed by atoms with Gasteiger partial charge in [-0.05, 0) is 46.0 Å². The Bertz CT molecular complexity index is 379. The van der Waals surface area contributed by atoms with Gasteiger partial charge in [-0.25, -0.2) is 9.97 Å². The van der Waals surface area contributed by atoms with Crippen molar-refractivity contribution in [3.05, 3.63) is 21.1 Å². The maximum absolute atomic E-state index is 4.42. The standard InChI is InChI=1S/C11H16Br2N4/c1-16-3-4-17(2)8(7-16)5-11-14-9(12)6-10(13)15-11/h6,8H,3-5,7H2,1-2H3. The summed E-state index contributed by atoms with van der Waals surface area (Å²) in [5, 5.41) is 0. The van der Waals surface area contributed by atoms with Gasteiger partial charge in [0.2, 0.25) is 0 Å². The maximum atomic E-state index is 4.42. The number of likely N-dealkylation sites (N-methyl/N-ethyl adjacent to an activating group) is 2. The van der Waals surface area contributed by atoms with Gasteiger partial charge in [0.1, 0.15) is 15.0 Å². The first-order chi connectivity index (χ1) is 8.04. The molecule has 0 saturated carbocycles. The number of halogens is 2. The van der Waals surface area contributed by atoms with Crippen LogP contribution in [0.1, 0.15) is 5.82 Å². The van der Waals surface area contributed by atoms with E-state index in [2.05, 4.69) is 65.7 Å². The van der Waals surface area contributed by atoms with Crippen molar-refractivity contribution in [2.75, 3.05) is 33.7 Å². The number of hydrogen-bond donors (Lipinski definition) is 0. The van der Waals surface area contributed by atoms with Crippen LogP contribution in [0.4, 0.5) is 0 Å². The van der Waals surface area contributed by atoms with E-state index in [1.165, 1.54) is 0 Å². The summed E-state index contributed by atoms with van der Waals surface area (Å²) in [5.41, 5.74) is 0. The molecule has 0 spiro atoms. The molecule has 0 aliphatic carbocycles. The van der Waals surface area contributed by atoms with Crippen LogP contribution in [0, 0.1) is 0 Å². The van der Waals surface area contributed by atoms with Gasteiger partial charge in [-0.1, -0.05) is 0 Å². The van der Waals surface area contributed by atoms with Crippen molar-refractivity contribution in [3.8, 4) is 0 Å². The largest absolute Gasteiger partial charge is 0.304 e. The lowest BCUT2D eigenvalue weighted by atomic mass is 10.1. The van der Waals surface area contributed by atoms with Gasteiger partial charge >= 0.3 is 0 Å². The molecule has 2 rings (SSSR count). The van der Waals surface area contributed by atoms with E-state index in [4.69, 9.17) is 0 Å². The van der Waals surface area contributed by atoms with E-state index in [0.717, 1.165) is 41.1 Å². The molecule has 0 bridgehead atoms. The average Bonchev–Trinajstić information content (AvgIpc) is 2.22. The third-order valence-electron chi connectivity index (χ3n) is 3.11. The van der Waals surface area contributed by atoms with Gasteiger partial charge in [-0.3, -0.25) is 0 Å². The van der Waals surface area contributed by atoms with E-state index in [9.17, 15) is 0 Å². The Morgan fingerprint density at radius 2 is 1.88 bits per heavy atom. The summed E-state index contributed by atoms with van der Waals surface area (Å²) in [6, 6.07) is 2.36. The van der Waals surface area contributed by atoms with Crippen LogP contribution in [-0.4, -0.2) is 59.5 Å². The molecule has 0 aromatic carbocycles. The van der Waals surface area contributed by atoms with E-state index in [1.54, 1.807) is 0 Å². The topological polar surface area (TPSA) is 32.3 Å². The van der Waals surface area contributed by atoms with Crippen LogP contribution in [0.5, 0.6) is 0 Å². The summed E-state index contributed by atoms with van der Waals surface area (Å²) in [5.74, 6) is 0.887. The molecule has 94 valence electrons. The lowest BCUT2D eigenvalue weighted by Crippen LogP contribution is -2.50. The predicted molar refractivity (Wildman–Crippen MR) is 75.1 cm³/mol. The first kappa shape index (κ1) is 13.4. The first-order valence-corrected chi connectivity index (χ1v) is 7.21. The molecule has 0 N–H and O–H groups in total. The van der Waals surface area contributed by atoms with Crippen molar-refractivity contribution >= 4 is 31.9 Å². The Labute approximate surface area is 119 Å². The van der Waals surface area contributed by atoms with E-state index in [1.807, 2.05) is 6.07 Å². The number of nitrogens with zero attached hydrogens (tertiary/aromatic N) is 4. The Morgan fingerprint density at radius 3 is 2.53 bits per heavy atom. The normalized spacial score (nSPS) is 22.9. The summed E-state index contributed by atoms with van der Waals surface area (Å²) in [4.78, 5) is 13.6. The average molecular weight is 364 g/mol. The van der Waals surface area contributed by atoms with Crippen molar-refractivity contribution in [2.45, 2.75) is 12.5 Å². The molecular formula is C11H16Br2N4. The van der Waals surface area contributed by atoms with Crippen LogP contribution >= 0.6 is 31.9 Å². The Morgan fingerprint density at radius 1 is 1.24 bits per heavy atom. The second kappa shape index (κ2) is 5.73. The maximum Gasteiger partial charge on any atom is 0.132 e. The lowest BCUT2D eigenvalue weighted by Gasteiger charge is -2.37. The minimum Gasteiger partial charge on any atom is -0.304 e. The van der Waals surface area contributed by atoms with Gasteiger partial charge in [0, 0.05) is 38.2 Å². The minimum atomic E-state index is 0.495. The zero-order chi connectivity index (χ0) is 12.4. The van der Waals surface area contributed by atoms with Crippen LogP contribution in [0.2, 0.25) is 0 Å². The number of rotatable bonds is 2. The molecular weight excluding hydrogens is 348 g/mol. The molecule has 17 heavy (non-hydrogen) atoms. The number of hydrogen-bond acceptors (Lipinski definition) is 4. The molecule has 1 aliphatic heterocycles. The molecule has 6 heteroatoms. The Hall–Kier alpha value is -0.0400. The van der Waals surface area contributed by atoms with Gasteiger partial charge < -0.3 is 9.80 Å². The zero-order valence-electron chi connectivity index (χ0n) is 10.0. The number of aromatic nitrogens is 2. The second-order valence-corrected chi connectivity index (χ2v) is 6.16. The fraction of sp³-hybridized carbons (Fsp3) is 0.636. The predicted octanol–water partition coefficient (Wildman–Crippen LogP) is 1.79. The summed E-state index contributed by atoms with van der Waals surface area (Å²) in [7, 11) is 4.34. The molecule has 1 aliphatic rings. The van der Waals surface area contributed by atoms with Gasteiger partial charge in [0.25, 0.3) is 0 Å². The summed E-state index contributed by atoms with van der Waals surface area (Å²) in [6.45, 7) is 3.32. The van der Waals surface area contributed by atoms with Crippen molar-refractivity contribution < 1.29 is 0 Å². The fourth-order valence-electron chi connectivity index (χ4n) is 2.06. The van der Waals surface area contributed by atoms with Crippen LogP contribution in [-0.2, 0) is 6.42 Å². The van der Waals surface area contributed by atoms with E-state index in [0.29, 0.717) is 6.04 Å². The highest BCUT2D eigenvalue weighted by atomic mass is 79.9. The van der Waals surface area contributed by atoms with Gasteiger partial charge in [-0.15, -0.1) is 0 Å².